The van der Waals surface area contributed by atoms with Gasteiger partial charge in [-0.2, -0.15) is 0 Å². The number of nitrogens with zero attached hydrogens (tertiary/aromatic N) is 2. The minimum Gasteiger partial charge on any atom is -0.389 e. The predicted octanol–water partition coefficient (Wildman–Crippen LogP) is 1.62. The van der Waals surface area contributed by atoms with Crippen LogP contribution in [0.25, 0.3) is 0 Å². The van der Waals surface area contributed by atoms with Gasteiger partial charge in [0.15, 0.2) is 0 Å². The molecule has 0 aromatic carbocycles. The molecule has 0 radical (unpaired) electrons. The van der Waals surface area contributed by atoms with Crippen molar-refractivity contribution in [1.29, 1.82) is 0 Å². The van der Waals surface area contributed by atoms with E-state index in [4.69, 9.17) is 4.74 Å². The second-order valence-corrected chi connectivity index (χ2v) is 4.60. The molecule has 1 aliphatic rings. The Bertz CT molecular complexity index is 335. The largest absolute Gasteiger partial charge is 0.389 e. The number of rotatable bonds is 6. The van der Waals surface area contributed by atoms with Crippen LogP contribution in [0.2, 0.25) is 0 Å². The highest BCUT2D eigenvalue weighted by Crippen LogP contribution is 2.18. The zero-order valence-electron chi connectivity index (χ0n) is 10.0. The molecule has 0 bridgehead atoms. The monoisotopic (exact) mass is 236 g/mol. The standard InChI is InChI=1S/C13H20N2O2/c16-13(8-15-7-6-14-11-15)10-17-9-12-4-2-1-3-5-12/h1-2,6-7,11-13,16H,3-5,8-10H2. The molecule has 2 atom stereocenters. The fourth-order valence-electron chi connectivity index (χ4n) is 2.07. The van der Waals surface area contributed by atoms with Crippen molar-refractivity contribution >= 4 is 0 Å². The Morgan fingerprint density at radius 3 is 3.12 bits per heavy atom. The number of hydrogen-bond donors (Lipinski definition) is 1. The zero-order chi connectivity index (χ0) is 11.9. The van der Waals surface area contributed by atoms with E-state index >= 15 is 0 Å². The molecule has 1 N–H and O–H groups in total. The molecule has 0 fully saturated rings. The molecular formula is C13H20N2O2. The van der Waals surface area contributed by atoms with Gasteiger partial charge in [0.25, 0.3) is 0 Å². The lowest BCUT2D eigenvalue weighted by Crippen LogP contribution is -2.23. The van der Waals surface area contributed by atoms with Crippen LogP contribution in [0.3, 0.4) is 0 Å². The molecule has 0 saturated carbocycles. The van der Waals surface area contributed by atoms with Gasteiger partial charge >= 0.3 is 0 Å². The van der Waals surface area contributed by atoms with E-state index in [1.54, 1.807) is 12.5 Å². The summed E-state index contributed by atoms with van der Waals surface area (Å²) in [6.45, 7) is 1.70. The van der Waals surface area contributed by atoms with Crippen LogP contribution in [0.1, 0.15) is 19.3 Å². The predicted molar refractivity (Wildman–Crippen MR) is 65.5 cm³/mol. The van der Waals surface area contributed by atoms with Crippen LogP contribution >= 0.6 is 0 Å². The summed E-state index contributed by atoms with van der Waals surface area (Å²) in [4.78, 5) is 3.93. The number of hydrogen-bond acceptors (Lipinski definition) is 3. The Balaban J connectivity index is 1.59. The van der Waals surface area contributed by atoms with Gasteiger partial charge in [0.1, 0.15) is 0 Å². The molecule has 1 heterocycles. The molecule has 4 heteroatoms. The maximum Gasteiger partial charge on any atom is 0.0952 e. The van der Waals surface area contributed by atoms with E-state index in [1.807, 2.05) is 10.8 Å². The number of aromatic nitrogens is 2. The minimum absolute atomic E-state index is 0.401. The molecule has 1 aliphatic carbocycles. The van der Waals surface area contributed by atoms with Crippen LogP contribution in [-0.4, -0.2) is 34.0 Å². The third kappa shape index (κ3) is 4.32. The molecule has 1 aromatic heterocycles. The van der Waals surface area contributed by atoms with Crippen molar-refractivity contribution in [3.05, 3.63) is 30.9 Å². The first kappa shape index (κ1) is 12.3. The first-order valence-electron chi connectivity index (χ1n) is 6.21. The summed E-state index contributed by atoms with van der Waals surface area (Å²) in [5, 5.41) is 9.76. The summed E-state index contributed by atoms with van der Waals surface area (Å²) in [7, 11) is 0. The Labute approximate surface area is 102 Å². The third-order valence-electron chi connectivity index (χ3n) is 3.02. The van der Waals surface area contributed by atoms with Crippen LogP contribution in [0.15, 0.2) is 30.9 Å². The van der Waals surface area contributed by atoms with E-state index in [9.17, 15) is 5.11 Å². The fraction of sp³-hybridized carbons (Fsp3) is 0.615. The van der Waals surface area contributed by atoms with Gasteiger partial charge in [-0.05, 0) is 25.2 Å². The van der Waals surface area contributed by atoms with Crippen molar-refractivity contribution in [3.63, 3.8) is 0 Å². The lowest BCUT2D eigenvalue weighted by molar-refractivity contribution is 0.0126. The Hall–Kier alpha value is -1.13. The van der Waals surface area contributed by atoms with Crippen LogP contribution < -0.4 is 0 Å². The number of imidazole rings is 1. The summed E-state index contributed by atoms with van der Waals surface area (Å²) in [5.74, 6) is 0.625. The van der Waals surface area contributed by atoms with Gasteiger partial charge in [-0.1, -0.05) is 12.2 Å². The maximum atomic E-state index is 9.76. The number of allylic oxidation sites excluding steroid dienone is 2. The first-order chi connectivity index (χ1) is 8.34. The first-order valence-corrected chi connectivity index (χ1v) is 6.21. The van der Waals surface area contributed by atoms with Crippen LogP contribution in [-0.2, 0) is 11.3 Å². The van der Waals surface area contributed by atoms with E-state index in [-0.39, 0.29) is 0 Å². The fourth-order valence-corrected chi connectivity index (χ4v) is 2.07. The molecular weight excluding hydrogens is 216 g/mol. The highest BCUT2D eigenvalue weighted by atomic mass is 16.5. The summed E-state index contributed by atoms with van der Waals surface area (Å²) in [5.41, 5.74) is 0. The molecule has 0 amide bonds. The number of aliphatic hydroxyl groups excluding tert-OH is 1. The van der Waals surface area contributed by atoms with Gasteiger partial charge in [-0.3, -0.25) is 0 Å². The van der Waals surface area contributed by atoms with Gasteiger partial charge in [0.2, 0.25) is 0 Å². The Kier molecular flexibility index (Phi) is 4.76. The Morgan fingerprint density at radius 2 is 2.41 bits per heavy atom. The second kappa shape index (κ2) is 6.57. The third-order valence-corrected chi connectivity index (χ3v) is 3.02. The summed E-state index contributed by atoms with van der Waals surface area (Å²) >= 11 is 0. The summed E-state index contributed by atoms with van der Waals surface area (Å²) < 4.78 is 7.42. The molecule has 2 rings (SSSR count). The quantitative estimate of drug-likeness (QED) is 0.763. The second-order valence-electron chi connectivity index (χ2n) is 4.60. The van der Waals surface area contributed by atoms with Crippen LogP contribution in [0.4, 0.5) is 0 Å². The smallest absolute Gasteiger partial charge is 0.0952 e. The topological polar surface area (TPSA) is 47.3 Å². The van der Waals surface area contributed by atoms with Gasteiger partial charge in [-0.25, -0.2) is 4.98 Å². The molecule has 94 valence electrons. The maximum absolute atomic E-state index is 9.76. The van der Waals surface area contributed by atoms with E-state index in [1.165, 1.54) is 6.42 Å². The van der Waals surface area contributed by atoms with Gasteiger partial charge in [0, 0.05) is 19.0 Å². The SMILES string of the molecule is OC(COCC1CC=CCC1)Cn1ccnc1. The van der Waals surface area contributed by atoms with Crippen molar-refractivity contribution in [3.8, 4) is 0 Å². The summed E-state index contributed by atoms with van der Waals surface area (Å²) in [6, 6.07) is 0. The molecule has 0 spiro atoms. The Morgan fingerprint density at radius 1 is 1.47 bits per heavy atom. The zero-order valence-corrected chi connectivity index (χ0v) is 10.0. The normalized spacial score (nSPS) is 21.6. The number of ether oxygens (including phenoxy) is 1. The molecule has 4 nitrogen and oxygen atoms in total. The van der Waals surface area contributed by atoms with Crippen molar-refractivity contribution in [2.45, 2.75) is 31.9 Å². The van der Waals surface area contributed by atoms with E-state index in [2.05, 4.69) is 17.1 Å². The molecule has 2 unspecified atom stereocenters. The molecule has 0 aliphatic heterocycles. The van der Waals surface area contributed by atoms with Crippen molar-refractivity contribution in [2.24, 2.45) is 5.92 Å². The van der Waals surface area contributed by atoms with E-state index < -0.39 is 6.10 Å². The van der Waals surface area contributed by atoms with Gasteiger partial charge in [0.05, 0.1) is 25.6 Å². The molecule has 0 saturated heterocycles. The average molecular weight is 236 g/mol. The number of aliphatic hydroxyl groups is 1. The molecule has 17 heavy (non-hydrogen) atoms. The van der Waals surface area contributed by atoms with Crippen molar-refractivity contribution in [2.75, 3.05) is 13.2 Å². The highest BCUT2D eigenvalue weighted by Gasteiger charge is 2.11. The average Bonchev–Trinajstić information content (AvgIpc) is 2.83. The van der Waals surface area contributed by atoms with Crippen LogP contribution in [0, 0.1) is 5.92 Å². The highest BCUT2D eigenvalue weighted by molar-refractivity contribution is 4.89. The van der Waals surface area contributed by atoms with Crippen molar-refractivity contribution in [1.82, 2.24) is 9.55 Å². The van der Waals surface area contributed by atoms with E-state index in [0.29, 0.717) is 19.1 Å². The van der Waals surface area contributed by atoms with E-state index in [0.717, 1.165) is 19.4 Å². The summed E-state index contributed by atoms with van der Waals surface area (Å²) in [6.07, 6.45) is 12.7. The lowest BCUT2D eigenvalue weighted by atomic mass is 9.95. The molecule has 1 aromatic rings. The van der Waals surface area contributed by atoms with Gasteiger partial charge < -0.3 is 14.4 Å². The lowest BCUT2D eigenvalue weighted by Gasteiger charge is -2.19. The van der Waals surface area contributed by atoms with Crippen LogP contribution in [0.5, 0.6) is 0 Å². The van der Waals surface area contributed by atoms with Crippen molar-refractivity contribution < 1.29 is 9.84 Å². The minimum atomic E-state index is -0.455. The van der Waals surface area contributed by atoms with Gasteiger partial charge in [-0.15, -0.1) is 0 Å².